The minimum absolute atomic E-state index is 1.12. The van der Waals surface area contributed by atoms with Crippen LogP contribution >= 0.6 is 0 Å². The van der Waals surface area contributed by atoms with Crippen molar-refractivity contribution >= 4 is 5.69 Å². The molecule has 3 nitrogen and oxygen atoms in total. The van der Waals surface area contributed by atoms with Crippen molar-refractivity contribution in [1.82, 2.24) is 9.78 Å². The Morgan fingerprint density at radius 1 is 1.19 bits per heavy atom. The first-order valence-electron chi connectivity index (χ1n) is 5.59. The molecule has 1 aliphatic rings. The van der Waals surface area contributed by atoms with Gasteiger partial charge < -0.3 is 4.90 Å². The van der Waals surface area contributed by atoms with Crippen molar-refractivity contribution in [3.05, 3.63) is 36.0 Å². The van der Waals surface area contributed by atoms with Crippen molar-refractivity contribution in [2.45, 2.75) is 6.42 Å². The molecule has 2 aromatic rings. The number of likely N-dealkylation sites (N-methyl/N-ethyl adjacent to an activating group) is 1. The molecule has 2 heterocycles. The summed E-state index contributed by atoms with van der Waals surface area (Å²) >= 11 is 0. The number of nitrogens with zero attached hydrogens (tertiary/aromatic N) is 3. The number of hydrogen-bond donors (Lipinski definition) is 0. The van der Waals surface area contributed by atoms with Crippen LogP contribution in [0.15, 0.2) is 30.5 Å². The van der Waals surface area contributed by atoms with Crippen molar-refractivity contribution in [2.75, 3.05) is 18.5 Å². The van der Waals surface area contributed by atoms with Crippen LogP contribution in [0.1, 0.15) is 5.56 Å². The fourth-order valence-electron chi connectivity index (χ4n) is 2.47. The smallest absolute Gasteiger partial charge is 0.0682 e. The minimum Gasteiger partial charge on any atom is -0.374 e. The number of hydrogen-bond acceptors (Lipinski definition) is 2. The standard InChI is InChI=1S/C13H15N3/c1-15-9-7-11-10(4-3-5-12(11)15)13-6-8-14-16(13)2/h3-6,8H,7,9H2,1-2H3. The lowest BCUT2D eigenvalue weighted by Crippen LogP contribution is -2.12. The van der Waals surface area contributed by atoms with E-state index in [9.17, 15) is 0 Å². The molecule has 0 bridgehead atoms. The lowest BCUT2D eigenvalue weighted by molar-refractivity contribution is 0.775. The van der Waals surface area contributed by atoms with E-state index in [0.717, 1.165) is 13.0 Å². The third-order valence-corrected chi connectivity index (χ3v) is 3.36. The van der Waals surface area contributed by atoms with Crippen LogP contribution in [0.5, 0.6) is 0 Å². The van der Waals surface area contributed by atoms with Crippen LogP contribution in [0, 0.1) is 0 Å². The van der Waals surface area contributed by atoms with E-state index in [1.807, 2.05) is 17.9 Å². The Morgan fingerprint density at radius 2 is 2.06 bits per heavy atom. The van der Waals surface area contributed by atoms with Crippen LogP contribution in [-0.4, -0.2) is 23.4 Å². The fraction of sp³-hybridized carbons (Fsp3) is 0.308. The zero-order valence-corrected chi connectivity index (χ0v) is 9.64. The van der Waals surface area contributed by atoms with Crippen molar-refractivity contribution in [2.24, 2.45) is 7.05 Å². The molecule has 0 saturated carbocycles. The second-order valence-corrected chi connectivity index (χ2v) is 4.31. The predicted octanol–water partition coefficient (Wildman–Crippen LogP) is 2.08. The van der Waals surface area contributed by atoms with E-state index < -0.39 is 0 Å². The third-order valence-electron chi connectivity index (χ3n) is 3.36. The SMILES string of the molecule is CN1CCc2c(-c3ccnn3C)cccc21. The molecule has 1 aromatic heterocycles. The van der Waals surface area contributed by atoms with Gasteiger partial charge in [0.25, 0.3) is 0 Å². The summed E-state index contributed by atoms with van der Waals surface area (Å²) in [6.45, 7) is 1.12. The highest BCUT2D eigenvalue weighted by atomic mass is 15.3. The lowest BCUT2D eigenvalue weighted by Gasteiger charge is -2.13. The van der Waals surface area contributed by atoms with Gasteiger partial charge in [-0.15, -0.1) is 0 Å². The number of aryl methyl sites for hydroxylation is 1. The minimum atomic E-state index is 1.12. The van der Waals surface area contributed by atoms with Gasteiger partial charge in [-0.25, -0.2) is 0 Å². The molecular formula is C13H15N3. The van der Waals surface area contributed by atoms with Crippen LogP contribution in [0.25, 0.3) is 11.3 Å². The van der Waals surface area contributed by atoms with E-state index in [4.69, 9.17) is 0 Å². The molecule has 0 N–H and O–H groups in total. The summed E-state index contributed by atoms with van der Waals surface area (Å²) in [6, 6.07) is 8.59. The lowest BCUT2D eigenvalue weighted by atomic mass is 10.0. The fourth-order valence-corrected chi connectivity index (χ4v) is 2.47. The molecular weight excluding hydrogens is 198 g/mol. The molecule has 82 valence electrons. The van der Waals surface area contributed by atoms with Gasteiger partial charge in [-0.2, -0.15) is 5.10 Å². The van der Waals surface area contributed by atoms with E-state index in [1.54, 1.807) is 0 Å². The van der Waals surface area contributed by atoms with E-state index in [0.29, 0.717) is 0 Å². The molecule has 1 aliphatic heterocycles. The first-order chi connectivity index (χ1) is 7.77. The maximum atomic E-state index is 4.24. The van der Waals surface area contributed by atoms with Crippen LogP contribution in [0.3, 0.4) is 0 Å². The highest BCUT2D eigenvalue weighted by Gasteiger charge is 2.20. The zero-order chi connectivity index (χ0) is 11.1. The Bertz CT molecular complexity index is 528. The maximum absolute atomic E-state index is 4.24. The second kappa shape index (κ2) is 3.37. The molecule has 0 fully saturated rings. The average Bonchev–Trinajstić information content (AvgIpc) is 2.86. The number of fused-ring (bicyclic) bond motifs is 1. The molecule has 0 atom stereocenters. The van der Waals surface area contributed by atoms with Crippen molar-refractivity contribution < 1.29 is 0 Å². The summed E-state index contributed by atoms with van der Waals surface area (Å²) in [4.78, 5) is 2.31. The van der Waals surface area contributed by atoms with Gasteiger partial charge in [0.15, 0.2) is 0 Å². The normalized spacial score (nSPS) is 14.2. The molecule has 0 aliphatic carbocycles. The Kier molecular flexibility index (Phi) is 1.99. The maximum Gasteiger partial charge on any atom is 0.0682 e. The molecule has 0 unspecified atom stereocenters. The highest BCUT2D eigenvalue weighted by Crippen LogP contribution is 2.34. The van der Waals surface area contributed by atoms with E-state index >= 15 is 0 Å². The van der Waals surface area contributed by atoms with Gasteiger partial charge in [0, 0.05) is 38.1 Å². The monoisotopic (exact) mass is 213 g/mol. The largest absolute Gasteiger partial charge is 0.374 e. The number of rotatable bonds is 1. The summed E-state index contributed by atoms with van der Waals surface area (Å²) < 4.78 is 1.94. The van der Waals surface area contributed by atoms with E-state index in [2.05, 4.69) is 41.3 Å². The zero-order valence-electron chi connectivity index (χ0n) is 9.64. The molecule has 3 heteroatoms. The second-order valence-electron chi connectivity index (χ2n) is 4.31. The summed E-state index contributed by atoms with van der Waals surface area (Å²) in [5.41, 5.74) is 5.33. The Labute approximate surface area is 95.3 Å². The van der Waals surface area contributed by atoms with Crippen LogP contribution in [-0.2, 0) is 13.5 Å². The number of benzene rings is 1. The van der Waals surface area contributed by atoms with Crippen molar-refractivity contribution in [3.63, 3.8) is 0 Å². The molecule has 0 saturated heterocycles. The first kappa shape index (κ1) is 9.46. The molecule has 0 spiro atoms. The molecule has 3 rings (SSSR count). The molecule has 1 aromatic carbocycles. The van der Waals surface area contributed by atoms with Gasteiger partial charge in [-0.1, -0.05) is 12.1 Å². The summed E-state index contributed by atoms with van der Waals surface area (Å²) in [6.07, 6.45) is 2.99. The van der Waals surface area contributed by atoms with E-state index in [1.165, 1.54) is 22.5 Å². The highest BCUT2D eigenvalue weighted by molar-refractivity contribution is 5.74. The summed E-state index contributed by atoms with van der Waals surface area (Å²) in [5.74, 6) is 0. The Balaban J connectivity index is 2.20. The summed E-state index contributed by atoms with van der Waals surface area (Å²) in [5, 5.41) is 4.24. The van der Waals surface area contributed by atoms with E-state index in [-0.39, 0.29) is 0 Å². The Hall–Kier alpha value is -1.77. The molecule has 0 radical (unpaired) electrons. The van der Waals surface area contributed by atoms with Crippen molar-refractivity contribution in [1.29, 1.82) is 0 Å². The van der Waals surface area contributed by atoms with Gasteiger partial charge in [0.05, 0.1) is 5.69 Å². The van der Waals surface area contributed by atoms with Crippen molar-refractivity contribution in [3.8, 4) is 11.3 Å². The quantitative estimate of drug-likeness (QED) is 0.723. The Morgan fingerprint density at radius 3 is 2.81 bits per heavy atom. The topological polar surface area (TPSA) is 21.1 Å². The van der Waals surface area contributed by atoms with Gasteiger partial charge in [-0.3, -0.25) is 4.68 Å². The first-order valence-corrected chi connectivity index (χ1v) is 5.59. The van der Waals surface area contributed by atoms with Gasteiger partial charge in [0.2, 0.25) is 0 Å². The molecule has 0 amide bonds. The number of aromatic nitrogens is 2. The van der Waals surface area contributed by atoms with Gasteiger partial charge in [0.1, 0.15) is 0 Å². The predicted molar refractivity (Wildman–Crippen MR) is 65.6 cm³/mol. The van der Waals surface area contributed by atoms with Crippen LogP contribution in [0.4, 0.5) is 5.69 Å². The van der Waals surface area contributed by atoms with Gasteiger partial charge in [-0.05, 0) is 24.1 Å². The van der Waals surface area contributed by atoms with Gasteiger partial charge >= 0.3 is 0 Å². The number of anilines is 1. The average molecular weight is 213 g/mol. The third kappa shape index (κ3) is 1.24. The van der Waals surface area contributed by atoms with Crippen LogP contribution < -0.4 is 4.90 Å². The molecule has 16 heavy (non-hydrogen) atoms. The van der Waals surface area contributed by atoms with Crippen LogP contribution in [0.2, 0.25) is 0 Å². The summed E-state index contributed by atoms with van der Waals surface area (Å²) in [7, 11) is 4.15.